The Hall–Kier alpha value is -3.60. The Morgan fingerprint density at radius 3 is 1.89 bits per heavy atom. The summed E-state index contributed by atoms with van der Waals surface area (Å²) in [4.78, 5) is 25.0. The van der Waals surface area contributed by atoms with Crippen molar-refractivity contribution in [2.45, 2.75) is 6.42 Å². The molecule has 2 N–H and O–H groups in total. The number of hydrogen-bond acceptors (Lipinski definition) is 3. The molecule has 1 atom stereocenters. The molecule has 0 bridgehead atoms. The number of nitrogens with zero attached hydrogens (tertiary/aromatic N) is 1. The van der Waals surface area contributed by atoms with Crippen molar-refractivity contribution in [1.82, 2.24) is 0 Å². The zero-order valence-corrected chi connectivity index (χ0v) is 14.7. The number of hydrazine groups is 1. The van der Waals surface area contributed by atoms with E-state index in [1.54, 1.807) is 24.3 Å². The van der Waals surface area contributed by atoms with Crippen LogP contribution in [0.25, 0.3) is 0 Å². The van der Waals surface area contributed by atoms with Crippen molar-refractivity contribution in [3.8, 4) is 0 Å². The molecule has 136 valence electrons. The largest absolute Gasteiger partial charge is 0.481 e. The summed E-state index contributed by atoms with van der Waals surface area (Å²) in [6.45, 7) is 0. The Morgan fingerprint density at radius 2 is 1.33 bits per heavy atom. The minimum atomic E-state index is -1.20. The highest BCUT2D eigenvalue weighted by molar-refractivity contribution is 6.06. The number of carbonyl (C=O) groups is 2. The van der Waals surface area contributed by atoms with Gasteiger partial charge in [-0.3, -0.25) is 15.0 Å². The highest BCUT2D eigenvalue weighted by Gasteiger charge is 2.32. The highest BCUT2D eigenvalue weighted by Crippen LogP contribution is 2.21. The Labute approximate surface area is 157 Å². The van der Waals surface area contributed by atoms with Crippen molar-refractivity contribution >= 4 is 23.3 Å². The number of carboxylic acid groups (broad SMARTS) is 1. The summed E-state index contributed by atoms with van der Waals surface area (Å²) in [6.07, 6.45) is 0.120. The third kappa shape index (κ3) is 4.73. The van der Waals surface area contributed by atoms with Gasteiger partial charge in [0.1, 0.15) is 5.92 Å². The van der Waals surface area contributed by atoms with Gasteiger partial charge in [-0.2, -0.15) is 0 Å². The lowest BCUT2D eigenvalue weighted by Crippen LogP contribution is -2.44. The van der Waals surface area contributed by atoms with E-state index < -0.39 is 17.8 Å². The summed E-state index contributed by atoms with van der Waals surface area (Å²) in [5.74, 6) is -2.88. The van der Waals surface area contributed by atoms with E-state index in [4.69, 9.17) is 0 Å². The van der Waals surface area contributed by atoms with Gasteiger partial charge in [0.25, 0.3) is 5.91 Å². The van der Waals surface area contributed by atoms with Crippen LogP contribution in [-0.2, 0) is 16.0 Å². The molecule has 3 aromatic rings. The Bertz CT molecular complexity index is 883. The predicted octanol–water partition coefficient (Wildman–Crippen LogP) is 3.99. The van der Waals surface area contributed by atoms with Gasteiger partial charge in [-0.05, 0) is 36.2 Å². The molecule has 0 aromatic heterocycles. The van der Waals surface area contributed by atoms with Crippen LogP contribution in [0, 0.1) is 5.92 Å². The third-order valence-electron chi connectivity index (χ3n) is 4.13. The average molecular weight is 360 g/mol. The van der Waals surface area contributed by atoms with Crippen molar-refractivity contribution in [1.29, 1.82) is 0 Å². The maximum absolute atomic E-state index is 13.2. The molecule has 0 saturated carbocycles. The predicted molar refractivity (Wildman–Crippen MR) is 105 cm³/mol. The summed E-state index contributed by atoms with van der Waals surface area (Å²) >= 11 is 0. The first kappa shape index (κ1) is 18.2. The molecule has 0 aliphatic heterocycles. The van der Waals surface area contributed by atoms with Crippen LogP contribution in [-0.4, -0.2) is 17.0 Å². The highest BCUT2D eigenvalue weighted by atomic mass is 16.4. The lowest BCUT2D eigenvalue weighted by molar-refractivity contribution is -0.146. The van der Waals surface area contributed by atoms with Gasteiger partial charge >= 0.3 is 5.97 Å². The summed E-state index contributed by atoms with van der Waals surface area (Å²) in [6, 6.07) is 27.3. The fraction of sp³-hybridized carbons (Fsp3) is 0.0909. The van der Waals surface area contributed by atoms with Crippen LogP contribution < -0.4 is 10.4 Å². The SMILES string of the molecule is O=C(O)C(Cc1ccccc1)C(=O)N(Nc1ccccc1)c1ccccc1. The van der Waals surface area contributed by atoms with E-state index in [0.29, 0.717) is 11.4 Å². The van der Waals surface area contributed by atoms with Gasteiger partial charge in [-0.25, -0.2) is 5.01 Å². The van der Waals surface area contributed by atoms with Crippen LogP contribution in [0.5, 0.6) is 0 Å². The van der Waals surface area contributed by atoms with Crippen LogP contribution in [0.2, 0.25) is 0 Å². The number of amides is 1. The van der Waals surface area contributed by atoms with Crippen LogP contribution in [0.3, 0.4) is 0 Å². The van der Waals surface area contributed by atoms with Gasteiger partial charge in [-0.15, -0.1) is 0 Å². The smallest absolute Gasteiger partial charge is 0.316 e. The second-order valence-electron chi connectivity index (χ2n) is 6.07. The van der Waals surface area contributed by atoms with Gasteiger partial charge in [0.2, 0.25) is 0 Å². The second-order valence-corrected chi connectivity index (χ2v) is 6.07. The number of anilines is 2. The Balaban J connectivity index is 1.91. The zero-order valence-electron chi connectivity index (χ0n) is 14.7. The molecule has 1 amide bonds. The third-order valence-corrected chi connectivity index (χ3v) is 4.13. The summed E-state index contributed by atoms with van der Waals surface area (Å²) in [5.41, 5.74) is 5.10. The van der Waals surface area contributed by atoms with E-state index in [9.17, 15) is 14.7 Å². The molecule has 0 saturated heterocycles. The summed E-state index contributed by atoms with van der Waals surface area (Å²) in [7, 11) is 0. The van der Waals surface area contributed by atoms with Gasteiger partial charge in [0.15, 0.2) is 0 Å². The standard InChI is InChI=1S/C22H20N2O3/c25-21(20(22(26)27)16-17-10-4-1-5-11-17)24(19-14-8-3-9-15-19)23-18-12-6-2-7-13-18/h1-15,20,23H,16H2,(H,26,27). The second kappa shape index (κ2) is 8.67. The normalized spacial score (nSPS) is 11.4. The quantitative estimate of drug-likeness (QED) is 0.494. The number of hydrogen-bond donors (Lipinski definition) is 2. The van der Waals surface area contributed by atoms with E-state index in [1.165, 1.54) is 5.01 Å². The fourth-order valence-corrected chi connectivity index (χ4v) is 2.75. The lowest BCUT2D eigenvalue weighted by Gasteiger charge is -2.27. The molecule has 0 aliphatic rings. The average Bonchev–Trinajstić information content (AvgIpc) is 2.72. The molecule has 3 rings (SSSR count). The molecule has 1 unspecified atom stereocenters. The lowest BCUT2D eigenvalue weighted by atomic mass is 9.98. The minimum Gasteiger partial charge on any atom is -0.481 e. The number of rotatable bonds is 7. The molecule has 0 aliphatic carbocycles. The first-order valence-electron chi connectivity index (χ1n) is 8.62. The molecular weight excluding hydrogens is 340 g/mol. The van der Waals surface area contributed by atoms with Crippen molar-refractivity contribution < 1.29 is 14.7 Å². The van der Waals surface area contributed by atoms with E-state index in [1.807, 2.05) is 66.7 Å². The summed E-state index contributed by atoms with van der Waals surface area (Å²) < 4.78 is 0. The molecule has 0 spiro atoms. The number of carbonyl (C=O) groups excluding carboxylic acids is 1. The van der Waals surface area contributed by atoms with Gasteiger partial charge in [-0.1, -0.05) is 66.7 Å². The van der Waals surface area contributed by atoms with E-state index in [0.717, 1.165) is 5.56 Å². The number of nitrogens with one attached hydrogen (secondary N) is 1. The number of para-hydroxylation sites is 2. The first-order valence-corrected chi connectivity index (χ1v) is 8.62. The topological polar surface area (TPSA) is 69.6 Å². The van der Waals surface area contributed by atoms with E-state index in [2.05, 4.69) is 5.43 Å². The van der Waals surface area contributed by atoms with Gasteiger partial charge < -0.3 is 5.11 Å². The van der Waals surface area contributed by atoms with Crippen LogP contribution in [0.4, 0.5) is 11.4 Å². The molecule has 27 heavy (non-hydrogen) atoms. The first-order chi connectivity index (χ1) is 13.1. The molecular formula is C22H20N2O3. The number of carboxylic acids is 1. The van der Waals surface area contributed by atoms with Gasteiger partial charge in [0.05, 0.1) is 11.4 Å². The van der Waals surface area contributed by atoms with Crippen molar-refractivity contribution in [2.24, 2.45) is 5.92 Å². The fourth-order valence-electron chi connectivity index (χ4n) is 2.75. The van der Waals surface area contributed by atoms with Crippen molar-refractivity contribution in [2.75, 3.05) is 10.4 Å². The molecule has 3 aromatic carbocycles. The minimum absolute atomic E-state index is 0.120. The molecule has 0 heterocycles. The molecule has 0 radical (unpaired) electrons. The maximum Gasteiger partial charge on any atom is 0.316 e. The van der Waals surface area contributed by atoms with Crippen LogP contribution in [0.1, 0.15) is 5.56 Å². The molecule has 5 heteroatoms. The Morgan fingerprint density at radius 1 is 0.815 bits per heavy atom. The summed E-state index contributed by atoms with van der Waals surface area (Å²) in [5, 5.41) is 11.0. The number of benzene rings is 3. The van der Waals surface area contributed by atoms with Crippen molar-refractivity contribution in [3.63, 3.8) is 0 Å². The molecule has 5 nitrogen and oxygen atoms in total. The van der Waals surface area contributed by atoms with Crippen LogP contribution in [0.15, 0.2) is 91.0 Å². The Kier molecular flexibility index (Phi) is 5.84. The van der Waals surface area contributed by atoms with E-state index >= 15 is 0 Å². The molecule has 0 fully saturated rings. The van der Waals surface area contributed by atoms with Gasteiger partial charge in [0, 0.05) is 0 Å². The zero-order chi connectivity index (χ0) is 19.1. The monoisotopic (exact) mass is 360 g/mol. The number of aliphatic carboxylic acids is 1. The van der Waals surface area contributed by atoms with Crippen LogP contribution >= 0.6 is 0 Å². The maximum atomic E-state index is 13.2. The van der Waals surface area contributed by atoms with Crippen molar-refractivity contribution in [3.05, 3.63) is 96.6 Å². The van der Waals surface area contributed by atoms with E-state index in [-0.39, 0.29) is 6.42 Å².